The molecule has 0 unspecified atom stereocenters. The number of ether oxygens (including phenoxy) is 3. The molecule has 1 rings (SSSR count). The second-order valence-electron chi connectivity index (χ2n) is 2.77. The number of pyridine rings is 1. The van der Waals surface area contributed by atoms with Crippen molar-refractivity contribution in [1.29, 1.82) is 0 Å². The molecule has 0 saturated carbocycles. The maximum absolute atomic E-state index is 11.6. The van der Waals surface area contributed by atoms with E-state index in [1.54, 1.807) is 13.0 Å². The predicted molar refractivity (Wildman–Crippen MR) is 60.4 cm³/mol. The van der Waals surface area contributed by atoms with Gasteiger partial charge in [0.2, 0.25) is 0 Å². The maximum atomic E-state index is 11.6. The molecule has 1 heterocycles. The molecule has 0 aromatic carbocycles. The highest BCUT2D eigenvalue weighted by Crippen LogP contribution is 2.21. The lowest BCUT2D eigenvalue weighted by Crippen LogP contribution is -2.09. The highest BCUT2D eigenvalue weighted by Gasteiger charge is 2.15. The van der Waals surface area contributed by atoms with E-state index in [0.717, 1.165) is 0 Å². The Labute approximate surface area is 102 Å². The van der Waals surface area contributed by atoms with Crippen LogP contribution in [0.25, 0.3) is 0 Å². The summed E-state index contributed by atoms with van der Waals surface area (Å²) in [6.45, 7) is 2.10. The third-order valence-electron chi connectivity index (χ3n) is 1.66. The fraction of sp³-hybridized carbons (Fsp3) is 0.400. The third kappa shape index (κ3) is 3.46. The van der Waals surface area contributed by atoms with Gasteiger partial charge in [0, 0.05) is 7.11 Å². The number of carbonyl (C=O) groups excluding carboxylic acids is 1. The molecule has 0 fully saturated rings. The van der Waals surface area contributed by atoms with Crippen molar-refractivity contribution in [3.05, 3.63) is 22.4 Å². The third-order valence-corrected chi connectivity index (χ3v) is 2.10. The molecule has 1 aromatic rings. The van der Waals surface area contributed by atoms with Crippen LogP contribution in [0.2, 0.25) is 0 Å². The molecular formula is C10H12BrNO4. The number of methoxy groups -OCH3 is 1. The van der Waals surface area contributed by atoms with Crippen molar-refractivity contribution in [3.63, 3.8) is 0 Å². The summed E-state index contributed by atoms with van der Waals surface area (Å²) in [5, 5.41) is 0. The van der Waals surface area contributed by atoms with E-state index in [1.807, 2.05) is 0 Å². The van der Waals surface area contributed by atoms with Gasteiger partial charge in [0.25, 0.3) is 0 Å². The van der Waals surface area contributed by atoms with E-state index in [0.29, 0.717) is 22.5 Å². The van der Waals surface area contributed by atoms with Gasteiger partial charge < -0.3 is 14.2 Å². The average Bonchev–Trinajstić information content (AvgIpc) is 2.27. The topological polar surface area (TPSA) is 57.7 Å². The van der Waals surface area contributed by atoms with Gasteiger partial charge in [-0.1, -0.05) is 0 Å². The van der Waals surface area contributed by atoms with Gasteiger partial charge in [-0.05, 0) is 28.9 Å². The molecule has 0 aliphatic carbocycles. The van der Waals surface area contributed by atoms with Crippen LogP contribution in [0.5, 0.6) is 5.75 Å². The van der Waals surface area contributed by atoms with Crippen molar-refractivity contribution in [2.24, 2.45) is 0 Å². The summed E-state index contributed by atoms with van der Waals surface area (Å²) in [6, 6.07) is 1.54. The number of hydrogen-bond donors (Lipinski definition) is 0. The van der Waals surface area contributed by atoms with Crippen LogP contribution in [-0.2, 0) is 9.47 Å². The normalized spacial score (nSPS) is 9.94. The van der Waals surface area contributed by atoms with E-state index in [9.17, 15) is 4.79 Å². The molecule has 0 radical (unpaired) electrons. The van der Waals surface area contributed by atoms with E-state index in [4.69, 9.17) is 14.2 Å². The standard InChI is InChI=1S/C10H12BrNO4/c1-3-15-10(13)7-4-9(11)12-5-8(7)16-6-14-2/h4-5H,3,6H2,1-2H3. The quantitative estimate of drug-likeness (QED) is 0.471. The van der Waals surface area contributed by atoms with E-state index in [2.05, 4.69) is 20.9 Å². The average molecular weight is 290 g/mol. The molecule has 6 heteroatoms. The Hall–Kier alpha value is -1.14. The van der Waals surface area contributed by atoms with Gasteiger partial charge in [0.1, 0.15) is 10.2 Å². The summed E-state index contributed by atoms with van der Waals surface area (Å²) in [7, 11) is 1.50. The molecule has 0 aliphatic heterocycles. The first kappa shape index (κ1) is 12.9. The van der Waals surface area contributed by atoms with Crippen molar-refractivity contribution >= 4 is 21.9 Å². The minimum Gasteiger partial charge on any atom is -0.465 e. The Bertz CT molecular complexity index is 370. The highest BCUT2D eigenvalue weighted by atomic mass is 79.9. The van der Waals surface area contributed by atoms with Crippen LogP contribution in [0.4, 0.5) is 0 Å². The molecule has 0 aliphatic rings. The first-order valence-corrected chi connectivity index (χ1v) is 5.42. The van der Waals surface area contributed by atoms with Crippen LogP contribution >= 0.6 is 15.9 Å². The largest absolute Gasteiger partial charge is 0.465 e. The van der Waals surface area contributed by atoms with E-state index >= 15 is 0 Å². The predicted octanol–water partition coefficient (Wildman–Crippen LogP) is 2.00. The zero-order valence-electron chi connectivity index (χ0n) is 9.03. The Morgan fingerprint density at radius 2 is 2.31 bits per heavy atom. The molecule has 5 nitrogen and oxygen atoms in total. The molecule has 0 saturated heterocycles. The highest BCUT2D eigenvalue weighted by molar-refractivity contribution is 9.10. The fourth-order valence-corrected chi connectivity index (χ4v) is 1.35. The van der Waals surface area contributed by atoms with Gasteiger partial charge in [0.05, 0.1) is 12.8 Å². The summed E-state index contributed by atoms with van der Waals surface area (Å²) >= 11 is 3.18. The van der Waals surface area contributed by atoms with Crippen LogP contribution in [0.1, 0.15) is 17.3 Å². The van der Waals surface area contributed by atoms with Gasteiger partial charge in [-0.3, -0.25) is 0 Å². The van der Waals surface area contributed by atoms with Crippen LogP contribution < -0.4 is 4.74 Å². The van der Waals surface area contributed by atoms with E-state index < -0.39 is 5.97 Å². The minimum absolute atomic E-state index is 0.0513. The first-order valence-electron chi connectivity index (χ1n) is 4.63. The lowest BCUT2D eigenvalue weighted by atomic mass is 10.2. The molecule has 0 amide bonds. The Morgan fingerprint density at radius 3 is 2.94 bits per heavy atom. The van der Waals surface area contributed by atoms with Crippen LogP contribution in [0, 0.1) is 0 Å². The summed E-state index contributed by atoms with van der Waals surface area (Å²) in [5.41, 5.74) is 0.320. The molecule has 0 spiro atoms. The number of halogens is 1. The van der Waals surface area contributed by atoms with Crippen molar-refractivity contribution in [1.82, 2.24) is 4.98 Å². The molecular weight excluding hydrogens is 278 g/mol. The van der Waals surface area contributed by atoms with Crippen molar-refractivity contribution < 1.29 is 19.0 Å². The lowest BCUT2D eigenvalue weighted by molar-refractivity contribution is 0.0436. The SMILES string of the molecule is CCOC(=O)c1cc(Br)ncc1OCOC. The number of aromatic nitrogens is 1. The summed E-state index contributed by atoms with van der Waals surface area (Å²) < 4.78 is 15.4. The zero-order valence-corrected chi connectivity index (χ0v) is 10.6. The van der Waals surface area contributed by atoms with Crippen LogP contribution in [0.3, 0.4) is 0 Å². The van der Waals surface area contributed by atoms with Gasteiger partial charge in [0.15, 0.2) is 12.5 Å². The van der Waals surface area contributed by atoms with Crippen LogP contribution in [-0.4, -0.2) is 31.5 Å². The fourth-order valence-electron chi connectivity index (χ4n) is 1.02. The molecule has 1 aromatic heterocycles. The van der Waals surface area contributed by atoms with E-state index in [1.165, 1.54) is 13.3 Å². The smallest absolute Gasteiger partial charge is 0.342 e. The maximum Gasteiger partial charge on any atom is 0.342 e. The number of carbonyl (C=O) groups is 1. The second-order valence-corrected chi connectivity index (χ2v) is 3.59. The molecule has 0 N–H and O–H groups in total. The Balaban J connectivity index is 2.93. The minimum atomic E-state index is -0.447. The van der Waals surface area contributed by atoms with Crippen molar-refractivity contribution in [3.8, 4) is 5.75 Å². The number of nitrogens with zero attached hydrogens (tertiary/aromatic N) is 1. The van der Waals surface area contributed by atoms with Gasteiger partial charge in [-0.15, -0.1) is 0 Å². The number of esters is 1. The summed E-state index contributed by atoms with van der Waals surface area (Å²) in [5.74, 6) is -0.111. The summed E-state index contributed by atoms with van der Waals surface area (Å²) in [6.07, 6.45) is 1.44. The molecule has 0 bridgehead atoms. The molecule has 0 atom stereocenters. The van der Waals surface area contributed by atoms with Crippen LogP contribution in [0.15, 0.2) is 16.9 Å². The van der Waals surface area contributed by atoms with Gasteiger partial charge >= 0.3 is 5.97 Å². The Morgan fingerprint density at radius 1 is 1.56 bits per heavy atom. The monoisotopic (exact) mass is 289 g/mol. The van der Waals surface area contributed by atoms with E-state index in [-0.39, 0.29) is 6.79 Å². The number of rotatable bonds is 5. The number of hydrogen-bond acceptors (Lipinski definition) is 5. The lowest BCUT2D eigenvalue weighted by Gasteiger charge is -2.09. The Kier molecular flexibility index (Phi) is 5.21. The zero-order chi connectivity index (χ0) is 12.0. The van der Waals surface area contributed by atoms with Crippen molar-refractivity contribution in [2.45, 2.75) is 6.92 Å². The van der Waals surface area contributed by atoms with Gasteiger partial charge in [-0.2, -0.15) is 0 Å². The summed E-state index contributed by atoms with van der Waals surface area (Å²) in [4.78, 5) is 15.6. The second kappa shape index (κ2) is 6.44. The molecule has 88 valence electrons. The van der Waals surface area contributed by atoms with Crippen molar-refractivity contribution in [2.75, 3.05) is 20.5 Å². The molecule has 16 heavy (non-hydrogen) atoms. The first-order chi connectivity index (χ1) is 7.69. The van der Waals surface area contributed by atoms with Gasteiger partial charge in [-0.25, -0.2) is 9.78 Å².